The molecule has 6 nitrogen and oxygen atoms in total. The number of H-pyrrole nitrogens is 1. The van der Waals surface area contributed by atoms with Gasteiger partial charge in [0.25, 0.3) is 0 Å². The number of aromatic nitrogens is 3. The van der Waals surface area contributed by atoms with Crippen LogP contribution in [0.3, 0.4) is 0 Å². The molecule has 0 bridgehead atoms. The van der Waals surface area contributed by atoms with Crippen molar-refractivity contribution in [3.05, 3.63) is 5.82 Å². The van der Waals surface area contributed by atoms with E-state index in [0.717, 1.165) is 0 Å². The summed E-state index contributed by atoms with van der Waals surface area (Å²) in [4.78, 5) is 3.77. The number of nitrogens with one attached hydrogen (secondary N) is 2. The second kappa shape index (κ2) is 3.26. The Balaban J connectivity index is 2.65. The van der Waals surface area contributed by atoms with Crippen LogP contribution in [0, 0.1) is 0 Å². The molecule has 0 fully saturated rings. The Labute approximate surface area is 67.8 Å². The highest BCUT2D eigenvalue weighted by Gasteiger charge is 2.00. The van der Waals surface area contributed by atoms with Gasteiger partial charge in [0, 0.05) is 0 Å². The van der Waals surface area contributed by atoms with E-state index in [1.165, 1.54) is 0 Å². The average Bonchev–Trinajstić information content (AvgIpc) is 2.34. The monoisotopic (exact) mass is 173 g/mol. The quantitative estimate of drug-likeness (QED) is 0.426. The summed E-state index contributed by atoms with van der Waals surface area (Å²) in [5.74, 6) is 0.630. The van der Waals surface area contributed by atoms with Crippen molar-refractivity contribution in [2.75, 3.05) is 5.32 Å². The van der Waals surface area contributed by atoms with Gasteiger partial charge in [0.15, 0.2) is 10.9 Å². The van der Waals surface area contributed by atoms with Crippen LogP contribution in [0.4, 0.5) is 5.95 Å². The predicted molar refractivity (Wildman–Crippen MR) is 42.7 cm³/mol. The number of thiocarbonyl (C=S) groups is 1. The first-order valence-corrected chi connectivity index (χ1v) is 3.22. The molecule has 60 valence electrons. The highest BCUT2D eigenvalue weighted by molar-refractivity contribution is 7.80. The molecule has 0 radical (unpaired) electrons. The minimum absolute atomic E-state index is 0.0912. The van der Waals surface area contributed by atoms with Crippen molar-refractivity contribution in [2.24, 2.45) is 5.73 Å². The number of aliphatic hydroxyl groups is 1. The summed E-state index contributed by atoms with van der Waals surface area (Å²) in [6.45, 7) is -0.188. The van der Waals surface area contributed by atoms with Gasteiger partial charge in [0.2, 0.25) is 5.95 Å². The fourth-order valence-corrected chi connectivity index (χ4v) is 0.623. The topological polar surface area (TPSA) is 99.8 Å². The van der Waals surface area contributed by atoms with Gasteiger partial charge in [0.05, 0.1) is 0 Å². The van der Waals surface area contributed by atoms with Crippen molar-refractivity contribution in [2.45, 2.75) is 6.61 Å². The Morgan fingerprint density at radius 1 is 1.82 bits per heavy atom. The average molecular weight is 173 g/mol. The molecule has 0 aliphatic heterocycles. The summed E-state index contributed by atoms with van der Waals surface area (Å²) in [5, 5.41) is 17.3. The van der Waals surface area contributed by atoms with Crippen molar-refractivity contribution in [1.82, 2.24) is 15.2 Å². The lowest BCUT2D eigenvalue weighted by Crippen LogP contribution is -2.19. The summed E-state index contributed by atoms with van der Waals surface area (Å²) in [5.41, 5.74) is 5.14. The molecule has 0 amide bonds. The lowest BCUT2D eigenvalue weighted by molar-refractivity contribution is 0.272. The van der Waals surface area contributed by atoms with E-state index in [4.69, 9.17) is 10.8 Å². The number of anilines is 1. The van der Waals surface area contributed by atoms with E-state index in [0.29, 0.717) is 5.82 Å². The van der Waals surface area contributed by atoms with Gasteiger partial charge in [-0.1, -0.05) is 0 Å². The van der Waals surface area contributed by atoms with Crippen LogP contribution < -0.4 is 11.1 Å². The van der Waals surface area contributed by atoms with Gasteiger partial charge < -0.3 is 16.2 Å². The third-order valence-electron chi connectivity index (χ3n) is 0.916. The number of aliphatic hydroxyl groups excluding tert-OH is 1. The number of hydrogen-bond donors (Lipinski definition) is 4. The molecule has 1 heterocycles. The Morgan fingerprint density at radius 3 is 3.00 bits per heavy atom. The van der Waals surface area contributed by atoms with Crippen LogP contribution in [-0.4, -0.2) is 25.4 Å². The number of nitrogens with zero attached hydrogens (tertiary/aromatic N) is 2. The Bertz CT molecular complexity index is 259. The van der Waals surface area contributed by atoms with Crippen LogP contribution >= 0.6 is 12.2 Å². The normalized spacial score (nSPS) is 9.55. The molecule has 1 rings (SSSR count). The van der Waals surface area contributed by atoms with Crippen LogP contribution in [0.2, 0.25) is 0 Å². The molecular weight excluding hydrogens is 166 g/mol. The first kappa shape index (κ1) is 7.89. The second-order valence-electron chi connectivity index (χ2n) is 1.75. The molecule has 7 heteroatoms. The van der Waals surface area contributed by atoms with Crippen molar-refractivity contribution in [3.8, 4) is 0 Å². The lowest BCUT2D eigenvalue weighted by atomic mass is 10.7. The van der Waals surface area contributed by atoms with E-state index in [1.54, 1.807) is 0 Å². The van der Waals surface area contributed by atoms with Gasteiger partial charge in [-0.25, -0.2) is 0 Å². The maximum Gasteiger partial charge on any atom is 0.248 e. The van der Waals surface area contributed by atoms with E-state index in [-0.39, 0.29) is 17.7 Å². The summed E-state index contributed by atoms with van der Waals surface area (Å²) >= 11 is 4.53. The van der Waals surface area contributed by atoms with Crippen molar-refractivity contribution in [1.29, 1.82) is 0 Å². The zero-order valence-corrected chi connectivity index (χ0v) is 6.35. The molecular formula is C4H7N5OS. The smallest absolute Gasteiger partial charge is 0.248 e. The molecule has 0 saturated heterocycles. The summed E-state index contributed by atoms with van der Waals surface area (Å²) < 4.78 is 0. The third kappa shape index (κ3) is 2.13. The molecule has 0 spiro atoms. The number of rotatable bonds is 2. The molecule has 0 atom stereocenters. The van der Waals surface area contributed by atoms with Gasteiger partial charge in [-0.05, 0) is 12.2 Å². The second-order valence-corrected chi connectivity index (χ2v) is 2.19. The molecule has 0 aliphatic rings. The standard InChI is InChI=1S/C4H7N5OS/c5-3(11)7-4-6-2(1-10)8-9-4/h10H,1H2,(H4,5,6,7,8,9,11). The number of aromatic amines is 1. The third-order valence-corrected chi connectivity index (χ3v) is 1.02. The van der Waals surface area contributed by atoms with Crippen molar-refractivity contribution in [3.63, 3.8) is 0 Å². The predicted octanol–water partition coefficient (Wildman–Crippen LogP) is -1.05. The molecule has 0 aromatic carbocycles. The first-order valence-electron chi connectivity index (χ1n) is 2.81. The highest BCUT2D eigenvalue weighted by Crippen LogP contribution is 1.96. The van der Waals surface area contributed by atoms with E-state index >= 15 is 0 Å². The summed E-state index contributed by atoms with van der Waals surface area (Å²) in [7, 11) is 0. The van der Waals surface area contributed by atoms with Crippen LogP contribution in [0.25, 0.3) is 0 Å². The van der Waals surface area contributed by atoms with Crippen LogP contribution in [-0.2, 0) is 6.61 Å². The zero-order chi connectivity index (χ0) is 8.27. The van der Waals surface area contributed by atoms with Crippen LogP contribution in [0.5, 0.6) is 0 Å². The van der Waals surface area contributed by atoms with Crippen LogP contribution in [0.15, 0.2) is 0 Å². The fraction of sp³-hybridized carbons (Fsp3) is 0.250. The maximum atomic E-state index is 8.56. The molecule has 0 unspecified atom stereocenters. The Hall–Kier alpha value is -1.21. The van der Waals surface area contributed by atoms with E-state index < -0.39 is 0 Å². The first-order chi connectivity index (χ1) is 5.22. The highest BCUT2D eigenvalue weighted by atomic mass is 32.1. The molecule has 5 N–H and O–H groups in total. The summed E-state index contributed by atoms with van der Waals surface area (Å²) in [6.07, 6.45) is 0. The SMILES string of the molecule is NC(=S)Nc1n[nH]c(CO)n1. The van der Waals surface area contributed by atoms with Gasteiger partial charge in [0.1, 0.15) is 6.61 Å². The summed E-state index contributed by atoms with van der Waals surface area (Å²) in [6, 6.07) is 0. The van der Waals surface area contributed by atoms with Gasteiger partial charge in [-0.15, -0.1) is 5.10 Å². The largest absolute Gasteiger partial charge is 0.388 e. The number of hydrogen-bond acceptors (Lipinski definition) is 4. The number of nitrogens with two attached hydrogens (primary N) is 1. The van der Waals surface area contributed by atoms with Crippen molar-refractivity contribution >= 4 is 23.3 Å². The van der Waals surface area contributed by atoms with Gasteiger partial charge >= 0.3 is 0 Å². The molecule has 0 saturated carbocycles. The zero-order valence-electron chi connectivity index (χ0n) is 5.53. The maximum absolute atomic E-state index is 8.56. The van der Waals surface area contributed by atoms with Gasteiger partial charge in [-0.3, -0.25) is 5.10 Å². The van der Waals surface area contributed by atoms with Crippen molar-refractivity contribution < 1.29 is 5.11 Å². The van der Waals surface area contributed by atoms with Gasteiger partial charge in [-0.2, -0.15) is 4.98 Å². The minimum atomic E-state index is -0.188. The molecule has 1 aromatic heterocycles. The van der Waals surface area contributed by atoms with E-state index in [2.05, 4.69) is 32.7 Å². The molecule has 11 heavy (non-hydrogen) atoms. The van der Waals surface area contributed by atoms with E-state index in [9.17, 15) is 0 Å². The Kier molecular flexibility index (Phi) is 2.34. The lowest BCUT2D eigenvalue weighted by Gasteiger charge is -1.93. The van der Waals surface area contributed by atoms with E-state index in [1.807, 2.05) is 0 Å². The van der Waals surface area contributed by atoms with Crippen LogP contribution in [0.1, 0.15) is 5.82 Å². The molecule has 1 aromatic rings. The Morgan fingerprint density at radius 2 is 2.55 bits per heavy atom. The fourth-order valence-electron chi connectivity index (χ4n) is 0.532. The minimum Gasteiger partial charge on any atom is -0.388 e. The molecule has 0 aliphatic carbocycles.